The number of aromatic nitrogens is 5. The van der Waals surface area contributed by atoms with Gasteiger partial charge in [-0.3, -0.25) is 4.90 Å². The maximum Gasteiger partial charge on any atom is 0.346 e. The highest BCUT2D eigenvalue weighted by molar-refractivity contribution is 7.23. The van der Waals surface area contributed by atoms with E-state index in [1.807, 2.05) is 24.8 Å². The number of nitrogens with zero attached hydrogens (tertiary/aromatic N) is 9. The van der Waals surface area contributed by atoms with E-state index in [2.05, 4.69) is 20.0 Å². The fourth-order valence-corrected chi connectivity index (χ4v) is 10.8. The summed E-state index contributed by atoms with van der Waals surface area (Å²) < 4.78 is 87.2. The first kappa shape index (κ1) is 38.6. The standard InChI is InChI=1S/C38H36ClF5N10O3S/c1-18(2)30-38(15-53(30)36(55)54-17-47-33(50-54)31(43)44)14-51(8-9-57-38)34-21-10-23(39)26(20-4-5-24(41)29-25(20)22(12-45)32(46)58-29)27(42)28(21)48-35(49-34)56-16-37-6-3-7-52(37)13-19(40)11-37/h4-5,10,17-19,30-31H,3,6-9,11,13-16,46H2,1-2H3/t19-,30-,37+,38+/m1/s1. The van der Waals surface area contributed by atoms with Crippen molar-refractivity contribution in [1.82, 2.24) is 34.5 Å². The molecule has 13 nitrogen and oxygen atoms in total. The molecule has 9 rings (SSSR count). The molecular weight excluding hydrogens is 807 g/mol. The van der Waals surface area contributed by atoms with Crippen LogP contribution in [-0.4, -0.2) is 110 Å². The molecule has 0 unspecified atom stereocenters. The number of anilines is 2. The summed E-state index contributed by atoms with van der Waals surface area (Å²) >= 11 is 7.80. The van der Waals surface area contributed by atoms with Crippen molar-refractivity contribution < 1.29 is 36.2 Å². The molecule has 5 aromatic rings. The van der Waals surface area contributed by atoms with Gasteiger partial charge in [0.25, 0.3) is 6.43 Å². The number of benzene rings is 2. The summed E-state index contributed by atoms with van der Waals surface area (Å²) in [6.45, 7) is 5.62. The Bertz CT molecular complexity index is 2530. The Hall–Kier alpha value is -4.90. The smallest absolute Gasteiger partial charge is 0.346 e. The molecule has 0 bridgehead atoms. The Morgan fingerprint density at radius 3 is 2.78 bits per heavy atom. The molecule has 4 aliphatic rings. The fourth-order valence-electron chi connectivity index (χ4n) is 9.54. The van der Waals surface area contributed by atoms with Crippen LogP contribution in [0.2, 0.25) is 5.02 Å². The van der Waals surface area contributed by atoms with Gasteiger partial charge in [-0.1, -0.05) is 31.5 Å². The van der Waals surface area contributed by atoms with Gasteiger partial charge < -0.3 is 25.0 Å². The van der Waals surface area contributed by atoms with Crippen LogP contribution in [0.25, 0.3) is 32.1 Å². The minimum Gasteiger partial charge on any atom is -0.461 e. The van der Waals surface area contributed by atoms with E-state index in [4.69, 9.17) is 31.8 Å². The number of amides is 1. The second-order valence-electron chi connectivity index (χ2n) is 15.7. The monoisotopic (exact) mass is 842 g/mol. The molecule has 1 spiro atoms. The number of fused-ring (bicyclic) bond motifs is 3. The molecule has 7 heterocycles. The van der Waals surface area contributed by atoms with Gasteiger partial charge >= 0.3 is 12.0 Å². The summed E-state index contributed by atoms with van der Waals surface area (Å²) in [5.41, 5.74) is 4.42. The topological polar surface area (TPSA) is 152 Å². The van der Waals surface area contributed by atoms with Crippen LogP contribution in [0.4, 0.5) is 37.6 Å². The highest BCUT2D eigenvalue weighted by Crippen LogP contribution is 2.47. The van der Waals surface area contributed by atoms with Crippen molar-refractivity contribution >= 4 is 60.8 Å². The van der Waals surface area contributed by atoms with Gasteiger partial charge in [-0.25, -0.2) is 31.7 Å². The van der Waals surface area contributed by atoms with Crippen LogP contribution in [0.1, 0.15) is 50.9 Å². The lowest BCUT2D eigenvalue weighted by molar-refractivity contribution is -0.186. The molecular formula is C38H36ClF5N10O3S. The van der Waals surface area contributed by atoms with E-state index in [0.29, 0.717) is 13.0 Å². The quantitative estimate of drug-likeness (QED) is 0.169. The lowest BCUT2D eigenvalue weighted by Crippen LogP contribution is -2.79. The van der Waals surface area contributed by atoms with Crippen molar-refractivity contribution in [3.63, 3.8) is 0 Å². The van der Waals surface area contributed by atoms with Crippen molar-refractivity contribution in [3.8, 4) is 23.2 Å². The van der Waals surface area contributed by atoms with Crippen LogP contribution in [0, 0.1) is 28.9 Å². The first-order valence-electron chi connectivity index (χ1n) is 18.8. The molecule has 20 heteroatoms. The van der Waals surface area contributed by atoms with Crippen molar-refractivity contribution in [2.45, 2.75) is 62.9 Å². The average Bonchev–Trinajstić information content (AvgIpc) is 3.96. The average molecular weight is 843 g/mol. The number of rotatable bonds is 7. The highest BCUT2D eigenvalue weighted by Gasteiger charge is 2.59. The van der Waals surface area contributed by atoms with E-state index < -0.39 is 53.3 Å². The van der Waals surface area contributed by atoms with Gasteiger partial charge in [0.05, 0.1) is 46.6 Å². The Kier molecular flexibility index (Phi) is 9.41. The van der Waals surface area contributed by atoms with E-state index in [9.17, 15) is 23.2 Å². The molecule has 2 N–H and O–H groups in total. The fraction of sp³-hybridized carbons (Fsp3) is 0.474. The lowest BCUT2D eigenvalue weighted by atomic mass is 9.75. The molecule has 0 saturated carbocycles. The number of halogens is 6. The molecule has 4 atom stereocenters. The zero-order valence-electron chi connectivity index (χ0n) is 31.2. The van der Waals surface area contributed by atoms with Crippen LogP contribution in [-0.2, 0) is 4.74 Å². The van der Waals surface area contributed by atoms with Gasteiger partial charge in [0.2, 0.25) is 5.82 Å². The first-order chi connectivity index (χ1) is 27.7. The van der Waals surface area contributed by atoms with Crippen LogP contribution in [0.5, 0.6) is 6.01 Å². The molecule has 4 fully saturated rings. The van der Waals surface area contributed by atoms with E-state index >= 15 is 8.78 Å². The predicted molar refractivity (Wildman–Crippen MR) is 205 cm³/mol. The Labute approximate surface area is 337 Å². The molecule has 3 aromatic heterocycles. The normalized spacial score (nSPS) is 24.7. The van der Waals surface area contributed by atoms with Crippen molar-refractivity contribution in [2.75, 3.05) is 56.6 Å². The zero-order valence-corrected chi connectivity index (χ0v) is 32.8. The van der Waals surface area contributed by atoms with Crippen molar-refractivity contribution in [2.24, 2.45) is 5.92 Å². The molecule has 58 heavy (non-hydrogen) atoms. The number of likely N-dealkylation sites (tertiary alicyclic amines) is 1. The Balaban J connectivity index is 1.13. The summed E-state index contributed by atoms with van der Waals surface area (Å²) in [6, 6.07) is 4.69. The van der Waals surface area contributed by atoms with E-state index in [0.717, 1.165) is 41.4 Å². The Morgan fingerprint density at radius 1 is 1.22 bits per heavy atom. The van der Waals surface area contributed by atoms with Crippen molar-refractivity contribution in [3.05, 3.63) is 52.6 Å². The number of alkyl halides is 3. The van der Waals surface area contributed by atoms with E-state index in [1.165, 1.54) is 17.0 Å². The third-order valence-electron chi connectivity index (χ3n) is 11.9. The number of thiophene rings is 1. The van der Waals surface area contributed by atoms with Gasteiger partial charge in [0.15, 0.2) is 5.82 Å². The van der Waals surface area contributed by atoms with E-state index in [1.54, 1.807) is 0 Å². The predicted octanol–water partition coefficient (Wildman–Crippen LogP) is 6.97. The largest absolute Gasteiger partial charge is 0.461 e. The SMILES string of the molecule is CC(C)[C@H]1N(C(=O)n2cnc(C(F)F)n2)C[C@@]12CN(c1nc(OC[C@@]34CCCN3C[C@H](F)C4)nc3c(F)c(-c4ccc(F)c5sc(N)c(C#N)c45)c(Cl)cc13)CCO2. The van der Waals surface area contributed by atoms with Crippen LogP contribution in [0.3, 0.4) is 0 Å². The van der Waals surface area contributed by atoms with Crippen LogP contribution < -0.4 is 15.4 Å². The molecule has 0 aliphatic carbocycles. The first-order valence-corrected chi connectivity index (χ1v) is 20.0. The van der Waals surface area contributed by atoms with Crippen molar-refractivity contribution in [1.29, 1.82) is 5.26 Å². The number of carbonyl (C=O) groups is 1. The third-order valence-corrected chi connectivity index (χ3v) is 13.2. The molecule has 4 saturated heterocycles. The van der Waals surface area contributed by atoms with Gasteiger partial charge in [0, 0.05) is 35.8 Å². The van der Waals surface area contributed by atoms with Gasteiger partial charge in [-0.2, -0.15) is 19.9 Å². The second-order valence-corrected chi connectivity index (χ2v) is 17.1. The number of ether oxygens (including phenoxy) is 2. The molecule has 0 radical (unpaired) electrons. The number of hydrogen-bond donors (Lipinski definition) is 1. The zero-order chi connectivity index (χ0) is 40.8. The molecule has 1 amide bonds. The number of hydrogen-bond acceptors (Lipinski definition) is 12. The third kappa shape index (κ3) is 6.01. The Morgan fingerprint density at radius 2 is 2.03 bits per heavy atom. The van der Waals surface area contributed by atoms with Crippen LogP contribution >= 0.6 is 22.9 Å². The second kappa shape index (κ2) is 14.1. The number of morpholine rings is 1. The maximum atomic E-state index is 17.3. The van der Waals surface area contributed by atoms with Gasteiger partial charge in [0.1, 0.15) is 52.9 Å². The summed E-state index contributed by atoms with van der Waals surface area (Å²) in [5.74, 6) is -2.17. The maximum absolute atomic E-state index is 17.3. The number of nitriles is 1. The van der Waals surface area contributed by atoms with Crippen LogP contribution in [0.15, 0.2) is 24.5 Å². The summed E-state index contributed by atoms with van der Waals surface area (Å²) in [4.78, 5) is 31.9. The number of nitrogens with two attached hydrogens (primary N) is 1. The van der Waals surface area contributed by atoms with Gasteiger partial charge in [-0.15, -0.1) is 16.4 Å². The molecule has 2 aromatic carbocycles. The minimum atomic E-state index is -2.95. The summed E-state index contributed by atoms with van der Waals surface area (Å²) in [7, 11) is 0. The highest BCUT2D eigenvalue weighted by atomic mass is 35.5. The van der Waals surface area contributed by atoms with Gasteiger partial charge in [-0.05, 0) is 43.0 Å². The summed E-state index contributed by atoms with van der Waals surface area (Å²) in [6.07, 6.45) is -1.14. The van der Waals surface area contributed by atoms with E-state index in [-0.39, 0.29) is 105 Å². The number of carbonyl (C=O) groups excluding carboxylic acids is 1. The lowest BCUT2D eigenvalue weighted by Gasteiger charge is -2.61. The summed E-state index contributed by atoms with van der Waals surface area (Å²) in [5, 5.41) is 14.0. The minimum absolute atomic E-state index is 0.00908. The number of nitrogen functional groups attached to an aromatic ring is 1. The molecule has 304 valence electrons. The molecule has 4 aliphatic heterocycles.